The molecule has 2 aliphatic carbocycles. The number of nitriles is 1. The van der Waals surface area contributed by atoms with E-state index in [1.165, 1.54) is 20.8 Å². The highest BCUT2D eigenvalue weighted by Crippen LogP contribution is 2.53. The Morgan fingerprint density at radius 1 is 1.24 bits per heavy atom. The van der Waals surface area contributed by atoms with Gasteiger partial charge < -0.3 is 25.7 Å². The molecule has 2 aromatic heterocycles. The van der Waals surface area contributed by atoms with Crippen LogP contribution in [0.25, 0.3) is 0 Å². The van der Waals surface area contributed by atoms with E-state index in [9.17, 15) is 14.9 Å². The maximum Gasteiger partial charge on any atom is 0.448 e. The van der Waals surface area contributed by atoms with Gasteiger partial charge in [0.25, 0.3) is 11.7 Å². The van der Waals surface area contributed by atoms with Crippen LogP contribution in [0.4, 0.5) is 21.3 Å². The molecule has 3 aliphatic heterocycles. The van der Waals surface area contributed by atoms with Gasteiger partial charge in [0.1, 0.15) is 17.2 Å². The molecule has 2 saturated heterocycles. The summed E-state index contributed by atoms with van der Waals surface area (Å²) in [6.07, 6.45) is 9.81. The summed E-state index contributed by atoms with van der Waals surface area (Å²) in [6, 6.07) is 1.92. The molecule has 13 nitrogen and oxygen atoms in total. The predicted octanol–water partition coefficient (Wildman–Crippen LogP) is 4.21. The predicted molar refractivity (Wildman–Crippen MR) is 189 cm³/mol. The zero-order valence-corrected chi connectivity index (χ0v) is 29.8. The number of hydrogen-bond acceptors (Lipinski definition) is 12. The van der Waals surface area contributed by atoms with Gasteiger partial charge in [0, 0.05) is 47.7 Å². The molecule has 1 spiro atoms. The van der Waals surface area contributed by atoms with Crippen LogP contribution in [-0.2, 0) is 21.3 Å². The van der Waals surface area contributed by atoms with Gasteiger partial charge in [0.15, 0.2) is 0 Å². The number of nitrogens with two attached hydrogens (primary N) is 2. The Morgan fingerprint density at radius 2 is 2.02 bits per heavy atom. The molecule has 7 rings (SSSR count). The number of fused-ring (bicyclic) bond motifs is 3. The molecule has 2 fully saturated rings. The van der Waals surface area contributed by atoms with E-state index in [1.807, 2.05) is 13.3 Å². The van der Waals surface area contributed by atoms with Gasteiger partial charge >= 0.3 is 11.8 Å². The molecule has 2 aromatic rings. The van der Waals surface area contributed by atoms with Gasteiger partial charge in [0.2, 0.25) is 11.5 Å². The molecule has 0 saturated carbocycles. The second-order valence-corrected chi connectivity index (χ2v) is 15.2. The van der Waals surface area contributed by atoms with Crippen LogP contribution in [0.2, 0.25) is 0 Å². The standard InChI is InChI=1S/C36H44N8O5S/c1-5-25(24-15-21(47-4)18-42(24)2)49-34-28-33(44(35(46)43(28)3)17-20-9-8-14-48-19-20)40-32(41-34)29(45)22-10-6-12-36(30(22)38)13-7-11-26-27(36)23(16-37)31(39)50-26/h5,17,20-21,24-25H,1,6-15,18-19,39H2,2-4H3,(H-,38,45)/p+1/b44-17-/t20?,21-,24+,25+,36+/m1/s1. The van der Waals surface area contributed by atoms with Crippen molar-refractivity contribution in [2.75, 3.05) is 51.6 Å². The third-order valence-corrected chi connectivity index (χ3v) is 12.2. The van der Waals surface area contributed by atoms with Crippen molar-refractivity contribution in [1.29, 1.82) is 5.26 Å². The second kappa shape index (κ2) is 13.5. The van der Waals surface area contributed by atoms with Gasteiger partial charge in [0.05, 0.1) is 37.6 Å². The number of likely N-dealkylation sites (N-methyl/N-ethyl adjacent to an activating group) is 1. The van der Waals surface area contributed by atoms with Crippen molar-refractivity contribution in [2.45, 2.75) is 81.5 Å². The topological polar surface area (TPSA) is 173 Å². The number of hydrogen-bond donors (Lipinski definition) is 2. The number of carbonyl (C=O) groups is 2. The van der Waals surface area contributed by atoms with Crippen molar-refractivity contribution in [3.63, 3.8) is 0 Å². The number of aryl methyl sites for hydroxylation is 1. The van der Waals surface area contributed by atoms with Crippen LogP contribution < -0.4 is 21.1 Å². The number of aromatic nitrogens is 2. The van der Waals surface area contributed by atoms with Crippen molar-refractivity contribution in [2.24, 2.45) is 11.7 Å². The number of nitrogen functional groups attached to an aromatic ring is 1. The molecular weight excluding hydrogens is 657 g/mol. The molecule has 5 aliphatic rings. The first-order chi connectivity index (χ1) is 24.1. The lowest BCUT2D eigenvalue weighted by molar-refractivity contribution is -0.325. The average molecular weight is 702 g/mol. The van der Waals surface area contributed by atoms with Crippen molar-refractivity contribution < 1.29 is 28.4 Å². The maximum absolute atomic E-state index is 14.7. The summed E-state index contributed by atoms with van der Waals surface area (Å²) < 4.78 is 19.5. The van der Waals surface area contributed by atoms with Crippen molar-refractivity contribution in [3.8, 4) is 11.9 Å². The van der Waals surface area contributed by atoms with Crippen LogP contribution in [0.5, 0.6) is 5.88 Å². The summed E-state index contributed by atoms with van der Waals surface area (Å²) in [7, 11) is 5.35. The second-order valence-electron chi connectivity index (χ2n) is 14.0. The van der Waals surface area contributed by atoms with Gasteiger partial charge in [-0.05, 0) is 76.5 Å². The number of thiophene rings is 1. The van der Waals surface area contributed by atoms with Gasteiger partial charge in [-0.1, -0.05) is 11.6 Å². The number of amides is 2. The van der Waals surface area contributed by atoms with E-state index in [2.05, 4.69) is 17.5 Å². The molecule has 0 radical (unpaired) electrons. The minimum atomic E-state index is -0.665. The quantitative estimate of drug-likeness (QED) is 0.229. The van der Waals surface area contributed by atoms with E-state index >= 15 is 0 Å². The fourth-order valence-electron chi connectivity index (χ4n) is 8.57. The first-order valence-corrected chi connectivity index (χ1v) is 18.2. The Bertz CT molecular complexity index is 1840. The largest absolute Gasteiger partial charge is 0.466 e. The molecule has 2 amide bonds. The van der Waals surface area contributed by atoms with Crippen LogP contribution in [0, 0.1) is 17.2 Å². The highest BCUT2D eigenvalue weighted by atomic mass is 32.1. The number of ether oxygens (including phenoxy) is 3. The summed E-state index contributed by atoms with van der Waals surface area (Å²) >= 11 is 1.44. The van der Waals surface area contributed by atoms with Crippen molar-refractivity contribution in [3.05, 3.63) is 45.8 Å². The summed E-state index contributed by atoms with van der Waals surface area (Å²) in [4.78, 5) is 42.7. The van der Waals surface area contributed by atoms with Crippen molar-refractivity contribution >= 4 is 45.9 Å². The maximum atomic E-state index is 14.7. The SMILES string of the molecule is C=C[C@H](Oc1nc(C(=O)C2=C(N)[C@@]3(CCC2)CCCc2sc(N)c(C#N)c23)nc2c1N(C)C(=O)/[N+]2=C\C1CCCOC1)[C@@H]1C[C@@H](OC)CN1C. The first-order valence-electron chi connectivity index (χ1n) is 17.4. The molecule has 50 heavy (non-hydrogen) atoms. The van der Waals surface area contributed by atoms with Gasteiger partial charge in [-0.25, -0.2) is 9.69 Å². The van der Waals surface area contributed by atoms with E-state index < -0.39 is 17.3 Å². The third-order valence-electron chi connectivity index (χ3n) is 11.2. The Kier molecular flexibility index (Phi) is 9.27. The summed E-state index contributed by atoms with van der Waals surface area (Å²) in [5.41, 5.74) is 15.3. The van der Waals surface area contributed by atoms with Crippen LogP contribution >= 0.6 is 11.3 Å². The lowest BCUT2D eigenvalue weighted by Crippen LogP contribution is -2.41. The monoisotopic (exact) mass is 701 g/mol. The molecular formula is C36H45N8O5S+. The van der Waals surface area contributed by atoms with E-state index in [1.54, 1.807) is 20.2 Å². The van der Waals surface area contributed by atoms with E-state index in [0.29, 0.717) is 60.0 Å². The normalized spacial score (nSPS) is 28.1. The summed E-state index contributed by atoms with van der Waals surface area (Å²) in [6.45, 7) is 5.96. The number of urea groups is 1. The Balaban J connectivity index is 1.34. The number of allylic oxidation sites excluding steroid dienone is 2. The van der Waals surface area contributed by atoms with Crippen LogP contribution in [0.3, 0.4) is 0 Å². The fraction of sp³-hybridized carbons (Fsp3) is 0.556. The molecule has 264 valence electrons. The number of rotatable bonds is 8. The summed E-state index contributed by atoms with van der Waals surface area (Å²) in [5.74, 6) is -0.136. The molecule has 5 heterocycles. The summed E-state index contributed by atoms with van der Waals surface area (Å²) in [5, 5.41) is 10.6. The zero-order chi connectivity index (χ0) is 35.3. The lowest BCUT2D eigenvalue weighted by atomic mass is 9.62. The zero-order valence-electron chi connectivity index (χ0n) is 28.9. The molecule has 1 unspecified atom stereocenters. The third kappa shape index (κ3) is 5.60. The Morgan fingerprint density at radius 3 is 2.70 bits per heavy atom. The minimum Gasteiger partial charge on any atom is -0.466 e. The number of nitrogens with zero attached hydrogens (tertiary/aromatic N) is 6. The molecule has 0 aromatic carbocycles. The number of Topliss-reactive ketones (excluding diaryl/α,β-unsaturated/α-hetero) is 1. The molecule has 5 atom stereocenters. The fourth-order valence-corrected chi connectivity index (χ4v) is 9.74. The number of ketones is 1. The molecule has 0 bridgehead atoms. The Hall–Kier alpha value is -4.16. The van der Waals surface area contributed by atoms with E-state index in [0.717, 1.165) is 55.5 Å². The van der Waals surface area contributed by atoms with E-state index in [4.69, 9.17) is 35.6 Å². The minimum absolute atomic E-state index is 0.00555. The molecule has 4 N–H and O–H groups in total. The average Bonchev–Trinajstić information content (AvgIpc) is 3.75. The van der Waals surface area contributed by atoms with E-state index in [-0.39, 0.29) is 41.6 Å². The number of carbonyl (C=O) groups excluding carboxylic acids is 2. The molecule has 14 heteroatoms. The number of likely N-dealkylation sites (tertiary alicyclic amines) is 1. The first kappa shape index (κ1) is 34.3. The highest BCUT2D eigenvalue weighted by Gasteiger charge is 2.49. The lowest BCUT2D eigenvalue weighted by Gasteiger charge is -2.42. The van der Waals surface area contributed by atoms with Gasteiger partial charge in [-0.2, -0.15) is 14.8 Å². The van der Waals surface area contributed by atoms with Gasteiger partial charge in [-0.15, -0.1) is 11.3 Å². The number of methoxy groups -OCH3 is 1. The smallest absolute Gasteiger partial charge is 0.448 e. The Labute approximate surface area is 296 Å². The highest BCUT2D eigenvalue weighted by molar-refractivity contribution is 7.16. The van der Waals surface area contributed by atoms with Crippen LogP contribution in [-0.4, -0.2) is 96.7 Å². The van der Waals surface area contributed by atoms with Crippen LogP contribution in [0.15, 0.2) is 23.9 Å². The van der Waals surface area contributed by atoms with Gasteiger partial charge in [-0.3, -0.25) is 9.69 Å². The van der Waals surface area contributed by atoms with Crippen molar-refractivity contribution in [1.82, 2.24) is 14.9 Å². The van der Waals surface area contributed by atoms with Crippen LogP contribution in [0.1, 0.15) is 78.0 Å². The number of anilines is 2.